The van der Waals surface area contributed by atoms with Gasteiger partial charge in [-0.25, -0.2) is 0 Å². The summed E-state index contributed by atoms with van der Waals surface area (Å²) >= 11 is 0. The fourth-order valence-corrected chi connectivity index (χ4v) is 1.88. The molecule has 0 radical (unpaired) electrons. The van der Waals surface area contributed by atoms with Crippen LogP contribution in [0.2, 0.25) is 0 Å². The third kappa shape index (κ3) is 3.10. The van der Waals surface area contributed by atoms with Crippen molar-refractivity contribution in [3.8, 4) is 0 Å². The molecule has 2 rings (SSSR count). The first kappa shape index (κ1) is 12.6. The van der Waals surface area contributed by atoms with Gasteiger partial charge in [0.1, 0.15) is 12.7 Å². The number of hydrogen-bond acceptors (Lipinski definition) is 6. The Morgan fingerprint density at radius 2 is 2.00 bits per heavy atom. The van der Waals surface area contributed by atoms with Crippen LogP contribution in [0.3, 0.4) is 0 Å². The maximum Gasteiger partial charge on any atom is 0.217 e. The molecule has 1 unspecified atom stereocenters. The summed E-state index contributed by atoms with van der Waals surface area (Å²) in [5.74, 6) is -0.209. The minimum atomic E-state index is -0.800. The van der Waals surface area contributed by atoms with Gasteiger partial charge < -0.3 is 18.9 Å². The molecule has 96 valence electrons. The van der Waals surface area contributed by atoms with Crippen molar-refractivity contribution in [2.75, 3.05) is 13.2 Å². The van der Waals surface area contributed by atoms with E-state index in [2.05, 4.69) is 0 Å². The highest BCUT2D eigenvalue weighted by atomic mass is 16.8. The number of ketones is 2. The average Bonchev–Trinajstić information content (AvgIpc) is 2.67. The fourth-order valence-electron chi connectivity index (χ4n) is 1.88. The van der Waals surface area contributed by atoms with Crippen LogP contribution in [-0.4, -0.2) is 49.6 Å². The quantitative estimate of drug-likeness (QED) is 0.695. The maximum absolute atomic E-state index is 11.1. The molecule has 17 heavy (non-hydrogen) atoms. The van der Waals surface area contributed by atoms with Crippen LogP contribution in [-0.2, 0) is 28.5 Å². The summed E-state index contributed by atoms with van der Waals surface area (Å²) < 4.78 is 21.4. The summed E-state index contributed by atoms with van der Waals surface area (Å²) in [4.78, 5) is 21.9. The Labute approximate surface area is 99.2 Å². The second-order valence-electron chi connectivity index (χ2n) is 4.30. The minimum Gasteiger partial charge on any atom is -0.345 e. The number of ether oxygens (including phenoxy) is 4. The molecule has 2 saturated heterocycles. The van der Waals surface area contributed by atoms with Gasteiger partial charge >= 0.3 is 0 Å². The van der Waals surface area contributed by atoms with Crippen LogP contribution in [0.15, 0.2) is 0 Å². The Kier molecular flexibility index (Phi) is 3.88. The van der Waals surface area contributed by atoms with Gasteiger partial charge in [0.25, 0.3) is 0 Å². The molecule has 0 saturated carbocycles. The number of Topliss-reactive ketones (excluding diaryl/α,β-unsaturated/α-hetero) is 2. The van der Waals surface area contributed by atoms with Crippen LogP contribution in [0.1, 0.15) is 20.3 Å². The molecule has 2 heterocycles. The maximum atomic E-state index is 11.1. The smallest absolute Gasteiger partial charge is 0.217 e. The van der Waals surface area contributed by atoms with E-state index >= 15 is 0 Å². The normalized spacial score (nSPS) is 36.6. The van der Waals surface area contributed by atoms with Gasteiger partial charge in [0, 0.05) is 6.42 Å². The van der Waals surface area contributed by atoms with Gasteiger partial charge in [-0.05, 0) is 13.8 Å². The van der Waals surface area contributed by atoms with E-state index in [4.69, 9.17) is 18.9 Å². The Hall–Kier alpha value is -0.820. The van der Waals surface area contributed by atoms with E-state index in [-0.39, 0.29) is 30.4 Å². The Morgan fingerprint density at radius 3 is 2.65 bits per heavy atom. The number of hydrogen-bond donors (Lipinski definition) is 0. The lowest BCUT2D eigenvalue weighted by molar-refractivity contribution is -0.237. The van der Waals surface area contributed by atoms with Crippen LogP contribution in [0, 0.1) is 0 Å². The summed E-state index contributed by atoms with van der Waals surface area (Å²) in [6.07, 6.45) is -1.16. The number of carbonyl (C=O) groups excluding carboxylic acids is 2. The average molecular weight is 244 g/mol. The summed E-state index contributed by atoms with van der Waals surface area (Å²) in [5.41, 5.74) is 0. The van der Waals surface area contributed by atoms with E-state index in [1.165, 1.54) is 13.8 Å². The van der Waals surface area contributed by atoms with E-state index in [0.717, 1.165) is 0 Å². The summed E-state index contributed by atoms with van der Waals surface area (Å²) in [5, 5.41) is 0. The van der Waals surface area contributed by atoms with Crippen molar-refractivity contribution in [2.45, 2.75) is 45.1 Å². The van der Waals surface area contributed by atoms with Crippen molar-refractivity contribution >= 4 is 11.6 Å². The van der Waals surface area contributed by atoms with Crippen LogP contribution < -0.4 is 0 Å². The standard InChI is InChI=1S/C11H16O6/c1-6(12)4-14-10-3-8-9(16-10)5-15-11(17-8)7(2)13/h8-11H,3-5H2,1-2H3/t8-,9-,10+,11?/m0/s1. The highest BCUT2D eigenvalue weighted by molar-refractivity contribution is 5.79. The van der Waals surface area contributed by atoms with Gasteiger partial charge in [-0.3, -0.25) is 9.59 Å². The van der Waals surface area contributed by atoms with E-state index < -0.39 is 12.6 Å². The molecular weight excluding hydrogens is 228 g/mol. The topological polar surface area (TPSA) is 71.1 Å². The van der Waals surface area contributed by atoms with Crippen LogP contribution in [0.5, 0.6) is 0 Å². The van der Waals surface area contributed by atoms with Crippen molar-refractivity contribution in [3.63, 3.8) is 0 Å². The van der Waals surface area contributed by atoms with Gasteiger partial charge in [0.15, 0.2) is 17.9 Å². The number of fused-ring (bicyclic) bond motifs is 1. The second-order valence-corrected chi connectivity index (χ2v) is 4.30. The largest absolute Gasteiger partial charge is 0.345 e. The van der Waals surface area contributed by atoms with Crippen molar-refractivity contribution in [2.24, 2.45) is 0 Å². The highest BCUT2D eigenvalue weighted by Gasteiger charge is 2.42. The van der Waals surface area contributed by atoms with Crippen LogP contribution in [0.4, 0.5) is 0 Å². The Bertz CT molecular complexity index is 315. The summed E-state index contributed by atoms with van der Waals surface area (Å²) in [7, 11) is 0. The van der Waals surface area contributed by atoms with Gasteiger partial charge in [0.05, 0.1) is 12.7 Å². The van der Waals surface area contributed by atoms with E-state index in [1.54, 1.807) is 0 Å². The molecule has 6 heteroatoms. The molecule has 2 fully saturated rings. The fraction of sp³-hybridized carbons (Fsp3) is 0.818. The number of rotatable bonds is 4. The lowest BCUT2D eigenvalue weighted by atomic mass is 10.1. The molecule has 0 aromatic heterocycles. The van der Waals surface area contributed by atoms with Gasteiger partial charge in [0.2, 0.25) is 6.29 Å². The predicted molar refractivity (Wildman–Crippen MR) is 55.2 cm³/mol. The first-order valence-corrected chi connectivity index (χ1v) is 5.60. The van der Waals surface area contributed by atoms with Gasteiger partial charge in [-0.15, -0.1) is 0 Å². The van der Waals surface area contributed by atoms with E-state index in [9.17, 15) is 9.59 Å². The molecule has 0 aliphatic carbocycles. The Morgan fingerprint density at radius 1 is 1.24 bits per heavy atom. The van der Waals surface area contributed by atoms with Crippen LogP contribution in [0.25, 0.3) is 0 Å². The van der Waals surface area contributed by atoms with E-state index in [0.29, 0.717) is 13.0 Å². The van der Waals surface area contributed by atoms with E-state index in [1.807, 2.05) is 0 Å². The molecule has 0 bridgehead atoms. The molecule has 2 aliphatic rings. The molecule has 0 aromatic carbocycles. The van der Waals surface area contributed by atoms with Crippen molar-refractivity contribution in [1.29, 1.82) is 0 Å². The zero-order valence-electron chi connectivity index (χ0n) is 9.88. The first-order valence-electron chi connectivity index (χ1n) is 5.60. The van der Waals surface area contributed by atoms with Crippen LogP contribution >= 0.6 is 0 Å². The third-order valence-electron chi connectivity index (χ3n) is 2.68. The minimum absolute atomic E-state index is 0.0289. The van der Waals surface area contributed by atoms with Gasteiger partial charge in [-0.2, -0.15) is 0 Å². The first-order chi connectivity index (χ1) is 8.06. The second kappa shape index (κ2) is 5.22. The van der Waals surface area contributed by atoms with Gasteiger partial charge in [-0.1, -0.05) is 0 Å². The monoisotopic (exact) mass is 244 g/mol. The zero-order chi connectivity index (χ0) is 12.4. The molecule has 0 spiro atoms. The molecule has 4 atom stereocenters. The lowest BCUT2D eigenvalue weighted by Crippen LogP contribution is -2.43. The summed E-state index contributed by atoms with van der Waals surface area (Å²) in [6.45, 7) is 3.22. The zero-order valence-corrected chi connectivity index (χ0v) is 9.88. The lowest BCUT2D eigenvalue weighted by Gasteiger charge is -2.29. The van der Waals surface area contributed by atoms with Crippen molar-refractivity contribution in [1.82, 2.24) is 0 Å². The predicted octanol–water partition coefficient (Wildman–Crippen LogP) is 0.0375. The third-order valence-corrected chi connectivity index (χ3v) is 2.68. The molecular formula is C11H16O6. The molecule has 0 amide bonds. The number of carbonyl (C=O) groups is 2. The summed E-state index contributed by atoms with van der Waals surface area (Å²) in [6, 6.07) is 0. The highest BCUT2D eigenvalue weighted by Crippen LogP contribution is 2.29. The molecule has 0 N–H and O–H groups in total. The van der Waals surface area contributed by atoms with Crippen molar-refractivity contribution in [3.05, 3.63) is 0 Å². The molecule has 0 aromatic rings. The SMILES string of the molecule is CC(=O)CO[C@H]1C[C@@H]2OC(C(C)=O)OC[C@@H]2O1. The van der Waals surface area contributed by atoms with Crippen molar-refractivity contribution < 1.29 is 28.5 Å². The Balaban J connectivity index is 1.83. The molecule has 6 nitrogen and oxygen atoms in total. The molecule has 2 aliphatic heterocycles.